The number of amides is 2. The van der Waals surface area contributed by atoms with Gasteiger partial charge in [0.2, 0.25) is 0 Å². The minimum absolute atomic E-state index is 0.299. The lowest BCUT2D eigenvalue weighted by Gasteiger charge is -2.09. The van der Waals surface area contributed by atoms with E-state index in [0.29, 0.717) is 28.4 Å². The molecule has 0 unspecified atom stereocenters. The van der Waals surface area contributed by atoms with Crippen molar-refractivity contribution < 1.29 is 33.7 Å². The van der Waals surface area contributed by atoms with Gasteiger partial charge in [-0.2, -0.15) is 5.10 Å². The van der Waals surface area contributed by atoms with Crippen molar-refractivity contribution in [2.24, 2.45) is 5.10 Å². The third-order valence-electron chi connectivity index (χ3n) is 3.72. The molecular weight excluding hydrogens is 394 g/mol. The number of hydrogen-bond donors (Lipinski definition) is 3. The van der Waals surface area contributed by atoms with Crippen molar-refractivity contribution in [2.75, 3.05) is 27.4 Å². The average molecular weight is 415 g/mol. The summed E-state index contributed by atoms with van der Waals surface area (Å²) in [6, 6.07) is 11.2. The molecule has 0 spiro atoms. The number of hydrazone groups is 1. The molecule has 0 radical (unpaired) electrons. The van der Waals surface area contributed by atoms with Crippen molar-refractivity contribution in [3.05, 3.63) is 53.6 Å². The van der Waals surface area contributed by atoms with Gasteiger partial charge >= 0.3 is 5.97 Å². The molecule has 30 heavy (non-hydrogen) atoms. The minimum atomic E-state index is -1.11. The van der Waals surface area contributed by atoms with Gasteiger partial charge in [-0.05, 0) is 30.3 Å². The number of nitrogens with one attached hydrogen (secondary N) is 2. The van der Waals surface area contributed by atoms with Crippen LogP contribution in [-0.2, 0) is 9.59 Å². The van der Waals surface area contributed by atoms with E-state index >= 15 is 0 Å². The fourth-order valence-corrected chi connectivity index (χ4v) is 2.31. The molecule has 10 heteroatoms. The fourth-order valence-electron chi connectivity index (χ4n) is 2.31. The first kappa shape index (κ1) is 22.2. The molecule has 0 aromatic heterocycles. The third-order valence-corrected chi connectivity index (χ3v) is 3.72. The van der Waals surface area contributed by atoms with Gasteiger partial charge in [0.15, 0.2) is 18.1 Å². The predicted octanol–water partition coefficient (Wildman–Crippen LogP) is 1.05. The van der Waals surface area contributed by atoms with Crippen molar-refractivity contribution in [1.29, 1.82) is 0 Å². The molecule has 158 valence electrons. The van der Waals surface area contributed by atoms with Gasteiger partial charge in [-0.25, -0.2) is 10.2 Å². The Kier molecular flexibility index (Phi) is 8.18. The van der Waals surface area contributed by atoms with Crippen molar-refractivity contribution in [3.8, 4) is 17.2 Å². The highest BCUT2D eigenvalue weighted by Gasteiger charge is 2.12. The second kappa shape index (κ2) is 11.1. The zero-order valence-corrected chi connectivity index (χ0v) is 16.4. The Morgan fingerprint density at radius 3 is 2.47 bits per heavy atom. The maximum Gasteiger partial charge on any atom is 0.341 e. The monoisotopic (exact) mass is 415 g/mol. The summed E-state index contributed by atoms with van der Waals surface area (Å²) >= 11 is 0. The third kappa shape index (κ3) is 6.51. The zero-order chi connectivity index (χ0) is 21.9. The molecule has 0 saturated carbocycles. The Labute approximate surface area is 172 Å². The Morgan fingerprint density at radius 1 is 1.03 bits per heavy atom. The number of hydrogen-bond acceptors (Lipinski definition) is 7. The molecule has 0 saturated heterocycles. The number of rotatable bonds is 10. The number of para-hydroxylation sites is 1. The smallest absolute Gasteiger partial charge is 0.341 e. The van der Waals surface area contributed by atoms with Crippen molar-refractivity contribution in [3.63, 3.8) is 0 Å². The molecule has 2 rings (SSSR count). The van der Waals surface area contributed by atoms with Crippen LogP contribution in [0.4, 0.5) is 0 Å². The highest BCUT2D eigenvalue weighted by molar-refractivity contribution is 5.97. The predicted molar refractivity (Wildman–Crippen MR) is 107 cm³/mol. The topological polar surface area (TPSA) is 136 Å². The largest absolute Gasteiger partial charge is 0.493 e. The molecule has 0 aliphatic carbocycles. The van der Waals surface area contributed by atoms with Crippen LogP contribution in [0.3, 0.4) is 0 Å². The maximum atomic E-state index is 12.2. The standard InChI is InChI=1S/C20H21N3O7/c1-28-16-8-7-13(9-17(16)29-2)20(27)21-11-18(24)23-22-10-14-5-3-4-6-15(14)30-12-19(25)26/h3-10H,11-12H2,1-2H3,(H,21,27)(H,23,24)(H,25,26)/b22-10-. The van der Waals surface area contributed by atoms with Crippen LogP contribution >= 0.6 is 0 Å². The second-order valence-corrected chi connectivity index (χ2v) is 5.77. The molecular formula is C20H21N3O7. The highest BCUT2D eigenvalue weighted by atomic mass is 16.5. The van der Waals surface area contributed by atoms with Crippen LogP contribution in [0.25, 0.3) is 0 Å². The van der Waals surface area contributed by atoms with E-state index in [2.05, 4.69) is 15.8 Å². The van der Waals surface area contributed by atoms with Crippen LogP contribution in [0.1, 0.15) is 15.9 Å². The van der Waals surface area contributed by atoms with Gasteiger partial charge in [0.1, 0.15) is 5.75 Å². The minimum Gasteiger partial charge on any atom is -0.493 e. The summed E-state index contributed by atoms with van der Waals surface area (Å²) in [5, 5.41) is 15.0. The second-order valence-electron chi connectivity index (χ2n) is 5.77. The normalized spacial score (nSPS) is 10.3. The van der Waals surface area contributed by atoms with E-state index in [9.17, 15) is 14.4 Å². The summed E-state index contributed by atoms with van der Waals surface area (Å²) in [4.78, 5) is 34.7. The summed E-state index contributed by atoms with van der Waals surface area (Å²) in [5.74, 6) is -0.955. The molecule has 0 heterocycles. The number of aliphatic carboxylic acids is 1. The lowest BCUT2D eigenvalue weighted by atomic mass is 10.2. The van der Waals surface area contributed by atoms with Crippen molar-refractivity contribution in [1.82, 2.24) is 10.7 Å². The first-order chi connectivity index (χ1) is 14.4. The molecule has 3 N–H and O–H groups in total. The summed E-state index contributed by atoms with van der Waals surface area (Å²) < 4.78 is 15.4. The average Bonchev–Trinajstić information content (AvgIpc) is 2.76. The number of carboxylic acid groups (broad SMARTS) is 1. The molecule has 0 aliphatic heterocycles. The summed E-state index contributed by atoms with van der Waals surface area (Å²) in [7, 11) is 2.94. The van der Waals surface area contributed by atoms with E-state index in [1.807, 2.05) is 0 Å². The van der Waals surface area contributed by atoms with Crippen LogP contribution in [0.2, 0.25) is 0 Å². The Bertz CT molecular complexity index is 944. The van der Waals surface area contributed by atoms with E-state index < -0.39 is 24.4 Å². The van der Waals surface area contributed by atoms with E-state index in [1.165, 1.54) is 26.5 Å². The van der Waals surface area contributed by atoms with Gasteiger partial charge in [-0.15, -0.1) is 0 Å². The SMILES string of the molecule is COc1ccc(C(=O)NCC(=O)N/N=C\c2ccccc2OCC(=O)O)cc1OC. The van der Waals surface area contributed by atoms with E-state index in [0.717, 1.165) is 0 Å². The Hall–Kier alpha value is -4.08. The van der Waals surface area contributed by atoms with Gasteiger partial charge in [-0.1, -0.05) is 12.1 Å². The summed E-state index contributed by atoms with van der Waals surface area (Å²) in [6.45, 7) is -0.804. The summed E-state index contributed by atoms with van der Waals surface area (Å²) in [6.07, 6.45) is 1.31. The number of ether oxygens (including phenoxy) is 3. The first-order valence-corrected chi connectivity index (χ1v) is 8.70. The van der Waals surface area contributed by atoms with E-state index in [4.69, 9.17) is 19.3 Å². The van der Waals surface area contributed by atoms with E-state index in [1.54, 1.807) is 36.4 Å². The van der Waals surface area contributed by atoms with Gasteiger partial charge in [0, 0.05) is 11.1 Å². The molecule has 2 aromatic rings. The number of carboxylic acids is 1. The molecule has 10 nitrogen and oxygen atoms in total. The number of nitrogens with zero attached hydrogens (tertiary/aromatic N) is 1. The lowest BCUT2D eigenvalue weighted by Crippen LogP contribution is -2.34. The maximum absolute atomic E-state index is 12.2. The summed E-state index contributed by atoms with van der Waals surface area (Å²) in [5.41, 5.74) is 3.05. The highest BCUT2D eigenvalue weighted by Crippen LogP contribution is 2.27. The van der Waals surface area contributed by atoms with Crippen LogP contribution < -0.4 is 25.0 Å². The van der Waals surface area contributed by atoms with Crippen molar-refractivity contribution >= 4 is 24.0 Å². The number of carbonyl (C=O) groups excluding carboxylic acids is 2. The van der Waals surface area contributed by atoms with Crippen LogP contribution in [-0.4, -0.2) is 56.5 Å². The molecule has 2 amide bonds. The lowest BCUT2D eigenvalue weighted by molar-refractivity contribution is -0.139. The van der Waals surface area contributed by atoms with Crippen LogP contribution in [0.15, 0.2) is 47.6 Å². The van der Waals surface area contributed by atoms with Gasteiger partial charge < -0.3 is 24.6 Å². The molecule has 0 fully saturated rings. The zero-order valence-electron chi connectivity index (χ0n) is 16.4. The van der Waals surface area contributed by atoms with Gasteiger partial charge in [-0.3, -0.25) is 9.59 Å². The van der Waals surface area contributed by atoms with Gasteiger partial charge in [0.05, 0.1) is 27.0 Å². The number of carbonyl (C=O) groups is 3. The molecule has 0 atom stereocenters. The quantitative estimate of drug-likeness (QED) is 0.390. The molecule has 2 aromatic carbocycles. The van der Waals surface area contributed by atoms with Crippen LogP contribution in [0.5, 0.6) is 17.2 Å². The Balaban J connectivity index is 1.88. The van der Waals surface area contributed by atoms with Crippen LogP contribution in [0, 0.1) is 0 Å². The number of methoxy groups -OCH3 is 2. The molecule has 0 aliphatic rings. The van der Waals surface area contributed by atoms with Crippen molar-refractivity contribution in [2.45, 2.75) is 0 Å². The fraction of sp³-hybridized carbons (Fsp3) is 0.200. The first-order valence-electron chi connectivity index (χ1n) is 8.70. The number of benzene rings is 2. The molecule has 0 bridgehead atoms. The Morgan fingerprint density at radius 2 is 1.77 bits per heavy atom. The van der Waals surface area contributed by atoms with E-state index in [-0.39, 0.29) is 6.54 Å². The van der Waals surface area contributed by atoms with Gasteiger partial charge in [0.25, 0.3) is 11.8 Å².